The molecular weight excluding hydrogens is 332 g/mol. The Bertz CT molecular complexity index is 620. The van der Waals surface area contributed by atoms with E-state index in [9.17, 15) is 8.42 Å². The number of guanidine groups is 1. The van der Waals surface area contributed by atoms with Crippen molar-refractivity contribution in [2.75, 3.05) is 40.5 Å². The molecule has 1 aromatic rings. The van der Waals surface area contributed by atoms with E-state index in [1.165, 1.54) is 6.07 Å². The van der Waals surface area contributed by atoms with Gasteiger partial charge in [-0.2, -0.15) is 0 Å². The third kappa shape index (κ3) is 8.25. The fraction of sp³-hybridized carbons (Fsp3) is 0.533. The number of aliphatic imine (C=N–C) groups is 1. The predicted octanol–water partition coefficient (Wildman–Crippen LogP) is 0.0521. The maximum Gasteiger partial charge on any atom is 0.238 e. The number of hydrogen-bond donors (Lipinski definition) is 3. The molecule has 8 nitrogen and oxygen atoms in total. The van der Waals surface area contributed by atoms with Crippen LogP contribution in [0, 0.1) is 0 Å². The van der Waals surface area contributed by atoms with E-state index in [2.05, 4.69) is 15.6 Å². The molecule has 9 heteroatoms. The molecule has 1 aromatic carbocycles. The molecule has 0 aliphatic carbocycles. The predicted molar refractivity (Wildman–Crippen MR) is 93.3 cm³/mol. The van der Waals surface area contributed by atoms with Gasteiger partial charge in [0.15, 0.2) is 5.96 Å². The van der Waals surface area contributed by atoms with Gasteiger partial charge in [0.2, 0.25) is 10.0 Å². The summed E-state index contributed by atoms with van der Waals surface area (Å²) in [5.41, 5.74) is 0.798. The van der Waals surface area contributed by atoms with Gasteiger partial charge in [-0.05, 0) is 24.1 Å². The van der Waals surface area contributed by atoms with Gasteiger partial charge in [0, 0.05) is 33.9 Å². The highest BCUT2D eigenvalue weighted by Gasteiger charge is 2.08. The largest absolute Gasteiger partial charge is 0.382 e. The lowest BCUT2D eigenvalue weighted by Gasteiger charge is -2.12. The number of hydrogen-bond acceptors (Lipinski definition) is 5. The van der Waals surface area contributed by atoms with Gasteiger partial charge in [-0.15, -0.1) is 0 Å². The van der Waals surface area contributed by atoms with E-state index in [-0.39, 0.29) is 4.90 Å². The van der Waals surface area contributed by atoms with Crippen LogP contribution >= 0.6 is 0 Å². The second-order valence-electron chi connectivity index (χ2n) is 5.00. The molecule has 0 aliphatic heterocycles. The lowest BCUT2D eigenvalue weighted by molar-refractivity contribution is 0.0698. The summed E-state index contributed by atoms with van der Waals surface area (Å²) in [6, 6.07) is 6.48. The van der Waals surface area contributed by atoms with Crippen LogP contribution in [0.25, 0.3) is 0 Å². The molecule has 0 spiro atoms. The van der Waals surface area contributed by atoms with Gasteiger partial charge in [-0.3, -0.25) is 4.99 Å². The first-order chi connectivity index (χ1) is 11.5. The van der Waals surface area contributed by atoms with E-state index in [0.29, 0.717) is 38.9 Å². The summed E-state index contributed by atoms with van der Waals surface area (Å²) in [6.07, 6.45) is 0.839. The molecule has 4 N–H and O–H groups in total. The van der Waals surface area contributed by atoms with E-state index < -0.39 is 10.0 Å². The first-order valence-electron chi connectivity index (χ1n) is 7.60. The summed E-state index contributed by atoms with van der Waals surface area (Å²) in [7, 11) is -0.383. The highest BCUT2D eigenvalue weighted by atomic mass is 32.2. The summed E-state index contributed by atoms with van der Waals surface area (Å²) < 4.78 is 33.0. The number of rotatable bonds is 10. The minimum atomic E-state index is -3.69. The number of benzene rings is 1. The fourth-order valence-corrected chi connectivity index (χ4v) is 2.45. The Labute approximate surface area is 143 Å². The third-order valence-corrected chi connectivity index (χ3v) is 4.01. The summed E-state index contributed by atoms with van der Waals surface area (Å²) in [4.78, 5) is 4.21. The average Bonchev–Trinajstić information content (AvgIpc) is 2.56. The van der Waals surface area contributed by atoms with Crippen molar-refractivity contribution in [1.82, 2.24) is 10.6 Å². The molecule has 0 amide bonds. The van der Waals surface area contributed by atoms with Gasteiger partial charge in [0.1, 0.15) is 0 Å². The Morgan fingerprint density at radius 3 is 2.71 bits per heavy atom. The number of nitrogens with one attached hydrogen (secondary N) is 2. The quantitative estimate of drug-likeness (QED) is 0.309. The van der Waals surface area contributed by atoms with Crippen LogP contribution in [0.2, 0.25) is 0 Å². The SMILES string of the molecule is CN=C(NCCCOCCOC)NCc1cccc(S(N)(=O)=O)c1. The van der Waals surface area contributed by atoms with Crippen molar-refractivity contribution < 1.29 is 17.9 Å². The van der Waals surface area contributed by atoms with Crippen LogP contribution in [-0.2, 0) is 26.0 Å². The maximum atomic E-state index is 11.3. The van der Waals surface area contributed by atoms with Crippen molar-refractivity contribution in [3.63, 3.8) is 0 Å². The Morgan fingerprint density at radius 2 is 2.04 bits per heavy atom. The first-order valence-corrected chi connectivity index (χ1v) is 9.15. The smallest absolute Gasteiger partial charge is 0.238 e. The van der Waals surface area contributed by atoms with Gasteiger partial charge in [-0.1, -0.05) is 12.1 Å². The van der Waals surface area contributed by atoms with E-state index in [0.717, 1.165) is 12.0 Å². The van der Waals surface area contributed by atoms with Crippen molar-refractivity contribution in [2.45, 2.75) is 17.9 Å². The van der Waals surface area contributed by atoms with Crippen LogP contribution in [0.1, 0.15) is 12.0 Å². The van der Waals surface area contributed by atoms with Gasteiger partial charge in [0.25, 0.3) is 0 Å². The third-order valence-electron chi connectivity index (χ3n) is 3.10. The molecule has 0 heterocycles. The van der Waals surface area contributed by atoms with Crippen LogP contribution in [0.4, 0.5) is 0 Å². The van der Waals surface area contributed by atoms with Crippen molar-refractivity contribution >= 4 is 16.0 Å². The van der Waals surface area contributed by atoms with Crippen molar-refractivity contribution in [3.05, 3.63) is 29.8 Å². The van der Waals surface area contributed by atoms with E-state index in [4.69, 9.17) is 14.6 Å². The number of primary sulfonamides is 1. The van der Waals surface area contributed by atoms with Crippen LogP contribution in [-0.4, -0.2) is 54.9 Å². The monoisotopic (exact) mass is 358 g/mol. The molecule has 0 atom stereocenters. The standard InChI is InChI=1S/C15H26N4O4S/c1-17-15(18-7-4-8-23-10-9-22-2)19-12-13-5-3-6-14(11-13)24(16,20)21/h3,5-6,11H,4,7-10,12H2,1-2H3,(H2,16,20,21)(H2,17,18,19). The van der Waals surface area contributed by atoms with Crippen molar-refractivity contribution in [2.24, 2.45) is 10.1 Å². The zero-order chi connectivity index (χ0) is 17.8. The number of sulfonamides is 1. The number of nitrogens with two attached hydrogens (primary N) is 1. The highest BCUT2D eigenvalue weighted by molar-refractivity contribution is 7.89. The van der Waals surface area contributed by atoms with Crippen molar-refractivity contribution in [1.29, 1.82) is 0 Å². The number of nitrogens with zero attached hydrogens (tertiary/aromatic N) is 1. The Hall–Kier alpha value is -1.68. The molecule has 0 bridgehead atoms. The second-order valence-corrected chi connectivity index (χ2v) is 6.57. The van der Waals surface area contributed by atoms with Crippen LogP contribution in [0.5, 0.6) is 0 Å². The molecule has 136 valence electrons. The molecule has 0 radical (unpaired) electrons. The highest BCUT2D eigenvalue weighted by Crippen LogP contribution is 2.09. The molecule has 0 aromatic heterocycles. The lowest BCUT2D eigenvalue weighted by atomic mass is 10.2. The zero-order valence-electron chi connectivity index (χ0n) is 14.1. The van der Waals surface area contributed by atoms with Gasteiger partial charge in [0.05, 0.1) is 18.1 Å². The lowest BCUT2D eigenvalue weighted by Crippen LogP contribution is -2.37. The zero-order valence-corrected chi connectivity index (χ0v) is 14.9. The summed E-state index contributed by atoms with van der Waals surface area (Å²) in [5.74, 6) is 0.632. The Balaban J connectivity index is 2.34. The molecule has 0 unspecified atom stereocenters. The minimum Gasteiger partial charge on any atom is -0.382 e. The summed E-state index contributed by atoms with van der Waals surface area (Å²) in [6.45, 7) is 2.97. The van der Waals surface area contributed by atoms with E-state index in [1.54, 1.807) is 26.3 Å². The molecule has 1 rings (SSSR count). The maximum absolute atomic E-state index is 11.3. The van der Waals surface area contributed by atoms with Crippen LogP contribution in [0.15, 0.2) is 34.2 Å². The Kier molecular flexibility index (Phi) is 9.31. The Morgan fingerprint density at radius 1 is 1.25 bits per heavy atom. The summed E-state index contributed by atoms with van der Waals surface area (Å²) >= 11 is 0. The normalized spacial score (nSPS) is 12.2. The van der Waals surface area contributed by atoms with E-state index >= 15 is 0 Å². The molecule has 24 heavy (non-hydrogen) atoms. The topological polar surface area (TPSA) is 115 Å². The van der Waals surface area contributed by atoms with Gasteiger partial charge in [-0.25, -0.2) is 13.6 Å². The molecule has 0 aliphatic rings. The fourth-order valence-electron chi connectivity index (χ4n) is 1.86. The number of ether oxygens (including phenoxy) is 2. The molecular formula is C15H26N4O4S. The van der Waals surface area contributed by atoms with Gasteiger partial charge >= 0.3 is 0 Å². The molecule has 0 saturated carbocycles. The minimum absolute atomic E-state index is 0.0953. The molecule has 0 fully saturated rings. The molecule has 0 saturated heterocycles. The van der Waals surface area contributed by atoms with Crippen LogP contribution < -0.4 is 15.8 Å². The van der Waals surface area contributed by atoms with Crippen LogP contribution in [0.3, 0.4) is 0 Å². The van der Waals surface area contributed by atoms with E-state index in [1.807, 2.05) is 6.07 Å². The van der Waals surface area contributed by atoms with Gasteiger partial charge < -0.3 is 20.1 Å². The number of methoxy groups -OCH3 is 1. The first kappa shape index (κ1) is 20.4. The second kappa shape index (κ2) is 11.0. The summed E-state index contributed by atoms with van der Waals surface area (Å²) in [5, 5.41) is 11.4. The average molecular weight is 358 g/mol. The van der Waals surface area contributed by atoms with Crippen molar-refractivity contribution in [3.8, 4) is 0 Å².